The second kappa shape index (κ2) is 9.12. The molecule has 2 rings (SSSR count). The van der Waals surface area contributed by atoms with Gasteiger partial charge in [-0.15, -0.1) is 0 Å². The minimum absolute atomic E-state index is 0.217. The topological polar surface area (TPSA) is 88.1 Å². The molecule has 23 heavy (non-hydrogen) atoms. The number of amides is 1. The summed E-state index contributed by atoms with van der Waals surface area (Å²) in [4.78, 5) is 25.2. The number of hydrogen-bond acceptors (Lipinski definition) is 5. The van der Waals surface area contributed by atoms with Crippen molar-refractivity contribution < 1.29 is 24.2 Å². The fraction of sp³-hybridized carbons (Fsp3) is 0.500. The lowest BCUT2D eigenvalue weighted by Gasteiger charge is -2.26. The molecule has 7 heteroatoms. The fourth-order valence-electron chi connectivity index (χ4n) is 2.33. The van der Waals surface area contributed by atoms with Crippen LogP contribution in [0, 0.1) is 0 Å². The van der Waals surface area contributed by atoms with Gasteiger partial charge in [0.2, 0.25) is 0 Å². The summed E-state index contributed by atoms with van der Waals surface area (Å²) < 4.78 is 10.3. The van der Waals surface area contributed by atoms with Gasteiger partial charge in [-0.25, -0.2) is 9.59 Å². The number of carbonyl (C=O) groups excluding carboxylic acids is 1. The Balaban J connectivity index is 1.73. The zero-order valence-electron chi connectivity index (χ0n) is 12.9. The van der Waals surface area contributed by atoms with Crippen LogP contribution in [-0.4, -0.2) is 67.6 Å². The average molecular weight is 322 g/mol. The highest BCUT2D eigenvalue weighted by Gasteiger charge is 2.21. The maximum atomic E-state index is 11.7. The van der Waals surface area contributed by atoms with Crippen LogP contribution in [0.4, 0.5) is 4.79 Å². The van der Waals surface area contributed by atoms with E-state index in [-0.39, 0.29) is 13.0 Å². The lowest BCUT2D eigenvalue weighted by atomic mass is 10.1. The molecule has 7 nitrogen and oxygen atoms in total. The summed E-state index contributed by atoms with van der Waals surface area (Å²) in [5.74, 6) is -1.08. The van der Waals surface area contributed by atoms with E-state index in [0.29, 0.717) is 19.8 Å². The van der Waals surface area contributed by atoms with Crippen LogP contribution in [-0.2, 0) is 20.7 Å². The highest BCUT2D eigenvalue weighted by molar-refractivity contribution is 5.80. The Kier molecular flexibility index (Phi) is 6.83. The van der Waals surface area contributed by atoms with Gasteiger partial charge in [0, 0.05) is 26.1 Å². The van der Waals surface area contributed by atoms with Gasteiger partial charge in [-0.1, -0.05) is 30.3 Å². The molecule has 0 saturated carbocycles. The van der Waals surface area contributed by atoms with Crippen LogP contribution >= 0.6 is 0 Å². The number of aliphatic carboxylic acids is 1. The molecule has 0 aromatic heterocycles. The summed E-state index contributed by atoms with van der Waals surface area (Å²) in [5, 5.41) is 11.6. The highest BCUT2D eigenvalue weighted by atomic mass is 16.5. The van der Waals surface area contributed by atoms with E-state index >= 15 is 0 Å². The van der Waals surface area contributed by atoms with Gasteiger partial charge in [-0.2, -0.15) is 0 Å². The fourth-order valence-corrected chi connectivity index (χ4v) is 2.33. The molecule has 1 fully saturated rings. The van der Waals surface area contributed by atoms with Gasteiger partial charge in [0.05, 0.1) is 13.2 Å². The first-order chi connectivity index (χ1) is 11.1. The van der Waals surface area contributed by atoms with Gasteiger partial charge in [-0.3, -0.25) is 4.90 Å². The zero-order valence-corrected chi connectivity index (χ0v) is 12.9. The summed E-state index contributed by atoms with van der Waals surface area (Å²) in [6.45, 7) is 3.85. The van der Waals surface area contributed by atoms with Gasteiger partial charge < -0.3 is 19.9 Å². The molecule has 0 bridgehead atoms. The smallest absolute Gasteiger partial charge is 0.407 e. The van der Waals surface area contributed by atoms with Crippen LogP contribution in [0.5, 0.6) is 0 Å². The van der Waals surface area contributed by atoms with Crippen LogP contribution in [0.15, 0.2) is 30.3 Å². The van der Waals surface area contributed by atoms with E-state index in [4.69, 9.17) is 9.47 Å². The van der Waals surface area contributed by atoms with Gasteiger partial charge in [0.25, 0.3) is 0 Å². The predicted octanol–water partition coefficient (Wildman–Crippen LogP) is 0.741. The number of ether oxygens (including phenoxy) is 2. The number of benzene rings is 1. The monoisotopic (exact) mass is 322 g/mol. The van der Waals surface area contributed by atoms with Crippen LogP contribution < -0.4 is 5.32 Å². The molecule has 1 amide bonds. The molecule has 0 radical (unpaired) electrons. The number of carboxylic acid groups (broad SMARTS) is 1. The minimum atomic E-state index is -1.08. The third kappa shape index (κ3) is 6.25. The van der Waals surface area contributed by atoms with Crippen molar-refractivity contribution in [1.29, 1.82) is 0 Å². The number of nitrogens with zero attached hydrogens (tertiary/aromatic N) is 1. The Labute approximate surface area is 135 Å². The van der Waals surface area contributed by atoms with Crippen molar-refractivity contribution in [2.75, 3.05) is 39.5 Å². The lowest BCUT2D eigenvalue weighted by Crippen LogP contribution is -2.44. The Morgan fingerprint density at radius 1 is 1.26 bits per heavy atom. The van der Waals surface area contributed by atoms with Gasteiger partial charge in [0.1, 0.15) is 12.6 Å². The van der Waals surface area contributed by atoms with Crippen molar-refractivity contribution in [3.8, 4) is 0 Å². The Bertz CT molecular complexity index is 502. The minimum Gasteiger partial charge on any atom is -0.480 e. The first-order valence-electron chi connectivity index (χ1n) is 7.65. The van der Waals surface area contributed by atoms with Gasteiger partial charge in [-0.05, 0) is 5.56 Å². The third-order valence-electron chi connectivity index (χ3n) is 3.62. The van der Waals surface area contributed by atoms with E-state index in [9.17, 15) is 14.7 Å². The second-order valence-corrected chi connectivity index (χ2v) is 5.31. The number of rotatable bonds is 7. The van der Waals surface area contributed by atoms with Crippen molar-refractivity contribution in [3.05, 3.63) is 35.9 Å². The molecule has 1 unspecified atom stereocenters. The maximum absolute atomic E-state index is 11.7. The van der Waals surface area contributed by atoms with E-state index in [1.54, 1.807) is 0 Å². The van der Waals surface area contributed by atoms with Crippen molar-refractivity contribution in [3.63, 3.8) is 0 Å². The summed E-state index contributed by atoms with van der Waals surface area (Å²) in [6.07, 6.45) is -0.490. The molecule has 1 aromatic carbocycles. The van der Waals surface area contributed by atoms with Crippen LogP contribution in [0.2, 0.25) is 0 Å². The third-order valence-corrected chi connectivity index (χ3v) is 3.62. The van der Waals surface area contributed by atoms with Crippen molar-refractivity contribution in [2.45, 2.75) is 12.5 Å². The van der Waals surface area contributed by atoms with E-state index < -0.39 is 18.1 Å². The molecule has 1 atom stereocenters. The molecular formula is C16H22N2O5. The molecule has 2 N–H and O–H groups in total. The largest absolute Gasteiger partial charge is 0.480 e. The summed E-state index contributed by atoms with van der Waals surface area (Å²) >= 11 is 0. The van der Waals surface area contributed by atoms with Crippen LogP contribution in [0.1, 0.15) is 5.56 Å². The summed E-state index contributed by atoms with van der Waals surface area (Å²) in [6, 6.07) is 8.15. The second-order valence-electron chi connectivity index (χ2n) is 5.31. The Morgan fingerprint density at radius 2 is 1.96 bits per heavy atom. The number of hydrogen-bond donors (Lipinski definition) is 2. The van der Waals surface area contributed by atoms with E-state index in [1.165, 1.54) is 0 Å². The molecule has 126 valence electrons. The quantitative estimate of drug-likeness (QED) is 0.770. The van der Waals surface area contributed by atoms with Crippen molar-refractivity contribution in [2.24, 2.45) is 0 Å². The zero-order chi connectivity index (χ0) is 16.5. The SMILES string of the molecule is O=C(NC(Cc1ccccc1)C(=O)O)OCCN1CCOCC1. The number of morpholine rings is 1. The highest BCUT2D eigenvalue weighted by Crippen LogP contribution is 2.04. The first-order valence-corrected chi connectivity index (χ1v) is 7.65. The Morgan fingerprint density at radius 3 is 2.61 bits per heavy atom. The van der Waals surface area contributed by atoms with E-state index in [1.807, 2.05) is 30.3 Å². The Hall–Kier alpha value is -2.12. The molecule has 0 spiro atoms. The molecular weight excluding hydrogens is 300 g/mol. The lowest BCUT2D eigenvalue weighted by molar-refractivity contribution is -0.139. The van der Waals surface area contributed by atoms with Gasteiger partial charge >= 0.3 is 12.1 Å². The van der Waals surface area contributed by atoms with Crippen LogP contribution in [0.25, 0.3) is 0 Å². The number of carbonyl (C=O) groups is 2. The molecule has 1 heterocycles. The van der Waals surface area contributed by atoms with Gasteiger partial charge in [0.15, 0.2) is 0 Å². The molecule has 1 aliphatic rings. The van der Waals surface area contributed by atoms with E-state index in [2.05, 4.69) is 10.2 Å². The standard InChI is InChI=1S/C16H22N2O5/c19-15(20)14(12-13-4-2-1-3-5-13)17-16(21)23-11-8-18-6-9-22-10-7-18/h1-5,14H,6-12H2,(H,17,21)(H,19,20). The van der Waals surface area contributed by atoms with E-state index in [0.717, 1.165) is 18.7 Å². The number of carboxylic acids is 1. The van der Waals surface area contributed by atoms with Crippen LogP contribution in [0.3, 0.4) is 0 Å². The normalized spacial score (nSPS) is 16.5. The molecule has 1 saturated heterocycles. The number of nitrogens with one attached hydrogen (secondary N) is 1. The van der Waals surface area contributed by atoms with Crippen molar-refractivity contribution >= 4 is 12.1 Å². The molecule has 1 aliphatic heterocycles. The summed E-state index contributed by atoms with van der Waals surface area (Å²) in [5.41, 5.74) is 0.841. The average Bonchev–Trinajstić information content (AvgIpc) is 2.56. The summed E-state index contributed by atoms with van der Waals surface area (Å²) in [7, 11) is 0. The predicted molar refractivity (Wildman–Crippen MR) is 83.3 cm³/mol. The van der Waals surface area contributed by atoms with Crippen molar-refractivity contribution in [1.82, 2.24) is 10.2 Å². The molecule has 1 aromatic rings. The molecule has 0 aliphatic carbocycles. The first kappa shape index (κ1) is 17.2. The maximum Gasteiger partial charge on any atom is 0.407 e. The number of alkyl carbamates (subject to hydrolysis) is 1.